The molecule has 11 aromatic rings. The average Bonchev–Trinajstić information content (AvgIpc) is 4.02. The van der Waals surface area contributed by atoms with Gasteiger partial charge in [0.05, 0.1) is 5.92 Å². The minimum absolute atomic E-state index is 0.00562. The summed E-state index contributed by atoms with van der Waals surface area (Å²) in [7, 11) is 0. The third-order valence-corrected chi connectivity index (χ3v) is 13.5. The molecule has 286 valence electrons. The molecule has 1 aliphatic carbocycles. The van der Waals surface area contributed by atoms with Crippen LogP contribution in [-0.4, -0.2) is 21.1 Å². The molecule has 0 amide bonds. The van der Waals surface area contributed by atoms with Crippen molar-refractivity contribution in [1.29, 1.82) is 0 Å². The van der Waals surface area contributed by atoms with Crippen molar-refractivity contribution in [2.45, 2.75) is 12.0 Å². The first-order chi connectivity index (χ1) is 30.2. The van der Waals surface area contributed by atoms with E-state index in [-0.39, 0.29) is 12.0 Å². The minimum Gasteiger partial charge on any atom is -0.485 e. The highest BCUT2D eigenvalue weighted by Gasteiger charge is 2.38. The van der Waals surface area contributed by atoms with Gasteiger partial charge >= 0.3 is 0 Å². The Hall–Kier alpha value is -7.67. The molecular formula is C55H33N3O2S. The number of rotatable bonds is 5. The second kappa shape index (κ2) is 13.4. The van der Waals surface area contributed by atoms with Crippen molar-refractivity contribution in [1.82, 2.24) is 15.0 Å². The number of benzene rings is 8. The van der Waals surface area contributed by atoms with Gasteiger partial charge in [0.2, 0.25) is 0 Å². The molecule has 0 saturated carbocycles. The molecule has 5 nitrogen and oxygen atoms in total. The number of aromatic nitrogens is 3. The second-order valence-electron chi connectivity index (χ2n) is 15.8. The summed E-state index contributed by atoms with van der Waals surface area (Å²) in [5.74, 6) is 2.85. The van der Waals surface area contributed by atoms with Crippen LogP contribution < -0.4 is 4.74 Å². The molecule has 0 fully saturated rings. The predicted molar refractivity (Wildman–Crippen MR) is 250 cm³/mol. The number of fused-ring (bicyclic) bond motifs is 10. The summed E-state index contributed by atoms with van der Waals surface area (Å²) in [6.07, 6.45) is 6.47. The summed E-state index contributed by atoms with van der Waals surface area (Å²) in [5, 5.41) is 6.91. The lowest BCUT2D eigenvalue weighted by Crippen LogP contribution is -2.19. The summed E-state index contributed by atoms with van der Waals surface area (Å²) in [5.41, 5.74) is 10.5. The van der Waals surface area contributed by atoms with Crippen LogP contribution in [0.3, 0.4) is 0 Å². The fourth-order valence-electron chi connectivity index (χ4n) is 9.55. The maximum absolute atomic E-state index is 6.68. The van der Waals surface area contributed by atoms with Gasteiger partial charge in [-0.3, -0.25) is 0 Å². The van der Waals surface area contributed by atoms with E-state index in [1.807, 2.05) is 41.7 Å². The third kappa shape index (κ3) is 5.42. The standard InChI is InChI=1S/C55H33N3O2S/c1-2-12-32(13-3-1)53-56-54(34-25-29-50-43(31-34)39-16-7-9-23-49(39)61-50)58-55(57-53)41-27-26-38(36-14-4-5-15-37(36)41)40-19-11-22-48-52(40)44-30-33(24-28-46(44)60-48)35-18-10-21-47-51(35)42-17-6-8-20-45(42)59-47/h1-31,48,52H. The van der Waals surface area contributed by atoms with Gasteiger partial charge < -0.3 is 9.15 Å². The number of para-hydroxylation sites is 1. The maximum atomic E-state index is 6.68. The summed E-state index contributed by atoms with van der Waals surface area (Å²) < 4.78 is 15.5. The Labute approximate surface area is 354 Å². The Balaban J connectivity index is 0.944. The topological polar surface area (TPSA) is 61.0 Å². The molecule has 2 atom stereocenters. The van der Waals surface area contributed by atoms with E-state index < -0.39 is 0 Å². The molecule has 4 heterocycles. The summed E-state index contributed by atoms with van der Waals surface area (Å²) in [6.45, 7) is 0. The van der Waals surface area contributed by atoms with Crippen molar-refractivity contribution < 1.29 is 9.15 Å². The summed E-state index contributed by atoms with van der Waals surface area (Å²) in [6, 6.07) is 59.6. The van der Waals surface area contributed by atoms with Crippen LogP contribution in [0, 0.1) is 0 Å². The first-order valence-electron chi connectivity index (χ1n) is 20.6. The zero-order valence-electron chi connectivity index (χ0n) is 32.6. The number of hydrogen-bond acceptors (Lipinski definition) is 6. The van der Waals surface area contributed by atoms with Crippen LogP contribution in [0.15, 0.2) is 193 Å². The molecule has 0 saturated heterocycles. The SMILES string of the molecule is C1=CC2Oc3ccc(-c4cccc5oc6ccccc6c45)cc3C2C(c2ccc(-c3nc(-c4ccccc4)nc(-c4ccc5sc6ccccc6c5c4)n3)c3ccccc23)=C1. The van der Waals surface area contributed by atoms with E-state index in [1.54, 1.807) is 0 Å². The summed E-state index contributed by atoms with van der Waals surface area (Å²) >= 11 is 1.81. The van der Waals surface area contributed by atoms with Gasteiger partial charge in [-0.2, -0.15) is 0 Å². The molecule has 8 aromatic carbocycles. The summed E-state index contributed by atoms with van der Waals surface area (Å²) in [4.78, 5) is 15.5. The third-order valence-electron chi connectivity index (χ3n) is 12.3. The van der Waals surface area contributed by atoms with Crippen molar-refractivity contribution >= 4 is 69.8 Å². The number of ether oxygens (including phenoxy) is 1. The van der Waals surface area contributed by atoms with E-state index in [0.29, 0.717) is 17.5 Å². The Kier molecular flexibility index (Phi) is 7.53. The quantitative estimate of drug-likeness (QED) is 0.173. The lowest BCUT2D eigenvalue weighted by atomic mass is 9.79. The number of thiophene rings is 1. The van der Waals surface area contributed by atoms with E-state index in [4.69, 9.17) is 24.1 Å². The van der Waals surface area contributed by atoms with Crippen molar-refractivity contribution in [3.63, 3.8) is 0 Å². The molecule has 0 spiro atoms. The van der Waals surface area contributed by atoms with Gasteiger partial charge in [0, 0.05) is 53.2 Å². The largest absolute Gasteiger partial charge is 0.485 e. The first kappa shape index (κ1) is 34.2. The van der Waals surface area contributed by atoms with Crippen molar-refractivity contribution in [3.8, 4) is 51.0 Å². The number of hydrogen-bond donors (Lipinski definition) is 0. The molecule has 0 N–H and O–H groups in total. The fraction of sp³-hybridized carbons (Fsp3) is 0.0364. The Bertz CT molecular complexity index is 3660. The van der Waals surface area contributed by atoms with E-state index in [9.17, 15) is 0 Å². The van der Waals surface area contributed by atoms with Gasteiger partial charge in [-0.25, -0.2) is 15.0 Å². The van der Waals surface area contributed by atoms with E-state index in [1.165, 1.54) is 31.3 Å². The van der Waals surface area contributed by atoms with E-state index in [2.05, 4.69) is 158 Å². The predicted octanol–water partition coefficient (Wildman–Crippen LogP) is 14.5. The van der Waals surface area contributed by atoms with Crippen LogP contribution in [-0.2, 0) is 0 Å². The fourth-order valence-corrected chi connectivity index (χ4v) is 10.6. The molecule has 1 aliphatic heterocycles. The smallest absolute Gasteiger partial charge is 0.164 e. The number of nitrogens with zero attached hydrogens (tertiary/aromatic N) is 3. The van der Waals surface area contributed by atoms with Crippen LogP contribution >= 0.6 is 11.3 Å². The molecule has 6 heteroatoms. The lowest BCUT2D eigenvalue weighted by Gasteiger charge is -2.24. The zero-order chi connectivity index (χ0) is 40.0. The second-order valence-corrected chi connectivity index (χ2v) is 16.9. The number of furan rings is 1. The maximum Gasteiger partial charge on any atom is 0.164 e. The van der Waals surface area contributed by atoms with E-state index >= 15 is 0 Å². The lowest BCUT2D eigenvalue weighted by molar-refractivity contribution is 0.271. The highest BCUT2D eigenvalue weighted by Crippen LogP contribution is 2.51. The molecule has 61 heavy (non-hydrogen) atoms. The first-order valence-corrected chi connectivity index (χ1v) is 21.4. The molecule has 0 radical (unpaired) electrons. The Morgan fingerprint density at radius 3 is 2.03 bits per heavy atom. The molecule has 13 rings (SSSR count). The minimum atomic E-state index is -0.119. The zero-order valence-corrected chi connectivity index (χ0v) is 33.4. The van der Waals surface area contributed by atoms with Crippen molar-refractivity contribution in [2.24, 2.45) is 0 Å². The van der Waals surface area contributed by atoms with E-state index in [0.717, 1.165) is 71.8 Å². The van der Waals surface area contributed by atoms with Gasteiger partial charge in [0.1, 0.15) is 23.0 Å². The van der Waals surface area contributed by atoms with Crippen molar-refractivity contribution in [2.75, 3.05) is 0 Å². The van der Waals surface area contributed by atoms with Gasteiger partial charge in [-0.15, -0.1) is 11.3 Å². The van der Waals surface area contributed by atoms with Gasteiger partial charge in [-0.1, -0.05) is 127 Å². The molecule has 0 bridgehead atoms. The van der Waals surface area contributed by atoms with Crippen LogP contribution in [0.2, 0.25) is 0 Å². The van der Waals surface area contributed by atoms with Crippen LogP contribution in [0.5, 0.6) is 5.75 Å². The molecule has 2 aliphatic rings. The van der Waals surface area contributed by atoms with Gasteiger partial charge in [0.25, 0.3) is 0 Å². The molecule has 2 unspecified atom stereocenters. The number of allylic oxidation sites excluding steroid dienone is 2. The normalized spacial score (nSPS) is 15.7. The van der Waals surface area contributed by atoms with Crippen LogP contribution in [0.4, 0.5) is 0 Å². The monoisotopic (exact) mass is 799 g/mol. The Morgan fingerprint density at radius 2 is 1.15 bits per heavy atom. The van der Waals surface area contributed by atoms with Crippen LogP contribution in [0.1, 0.15) is 17.0 Å². The van der Waals surface area contributed by atoms with Gasteiger partial charge in [-0.05, 0) is 93.7 Å². The molecular weight excluding hydrogens is 767 g/mol. The highest BCUT2D eigenvalue weighted by molar-refractivity contribution is 7.25. The average molecular weight is 800 g/mol. The van der Waals surface area contributed by atoms with Crippen molar-refractivity contribution in [3.05, 3.63) is 199 Å². The Morgan fingerprint density at radius 1 is 0.459 bits per heavy atom. The van der Waals surface area contributed by atoms with Crippen LogP contribution in [0.25, 0.3) is 104 Å². The highest BCUT2D eigenvalue weighted by atomic mass is 32.1. The molecule has 3 aromatic heterocycles. The van der Waals surface area contributed by atoms with Gasteiger partial charge in [0.15, 0.2) is 17.5 Å².